The number of para-hydroxylation sites is 1. The summed E-state index contributed by atoms with van der Waals surface area (Å²) in [6.45, 7) is 6.65. The average molecular weight is 644 g/mol. The third kappa shape index (κ3) is 5.25. The fourth-order valence-electron chi connectivity index (χ4n) is 6.87. The number of piperazine rings is 1. The topological polar surface area (TPSA) is 133 Å². The number of aromatic amines is 1. The molecule has 14 heteroatoms. The molecule has 0 amide bonds. The first kappa shape index (κ1) is 28.9. The first-order valence-electron chi connectivity index (χ1n) is 15.6. The number of likely N-dealkylation sites (N-methyl/N-ethyl adjacent to an activating group) is 1. The molecule has 0 unspecified atom stereocenters. The van der Waals surface area contributed by atoms with Crippen LogP contribution < -0.4 is 25.0 Å². The molecular formula is C32H37N9O4S. The van der Waals surface area contributed by atoms with Gasteiger partial charge in [-0.1, -0.05) is 12.1 Å². The SMILES string of the molecule is CN1CCN(C2CCN(c3ccc(Nc4nc(Nc5cccc6ccn(S(C)(=O)=O)c56)c5cc[nH]c5n4)c4c3OCO4)CC2)CC1. The third-order valence-corrected chi connectivity index (χ3v) is 10.3. The van der Waals surface area contributed by atoms with E-state index in [1.807, 2.05) is 30.3 Å². The van der Waals surface area contributed by atoms with Crippen molar-refractivity contribution in [2.75, 3.05) is 74.9 Å². The number of H-pyrrole nitrogens is 1. The number of aromatic nitrogens is 4. The summed E-state index contributed by atoms with van der Waals surface area (Å²) >= 11 is 0. The van der Waals surface area contributed by atoms with Gasteiger partial charge in [0.2, 0.25) is 22.8 Å². The lowest BCUT2D eigenvalue weighted by Crippen LogP contribution is -2.52. The number of rotatable bonds is 7. The Kier molecular flexibility index (Phi) is 7.14. The molecule has 0 spiro atoms. The normalized spacial score (nSPS) is 18.1. The van der Waals surface area contributed by atoms with Crippen molar-refractivity contribution in [2.45, 2.75) is 18.9 Å². The number of ether oxygens (including phenoxy) is 2. The second kappa shape index (κ2) is 11.4. The van der Waals surface area contributed by atoms with Crippen molar-refractivity contribution in [1.82, 2.24) is 28.7 Å². The van der Waals surface area contributed by atoms with Crippen LogP contribution >= 0.6 is 0 Å². The van der Waals surface area contributed by atoms with Gasteiger partial charge in [-0.15, -0.1) is 0 Å². The molecular weight excluding hydrogens is 606 g/mol. The van der Waals surface area contributed by atoms with E-state index in [0.717, 1.165) is 74.3 Å². The number of fused-ring (bicyclic) bond motifs is 3. The summed E-state index contributed by atoms with van der Waals surface area (Å²) in [4.78, 5) is 20.2. The summed E-state index contributed by atoms with van der Waals surface area (Å²) in [5.41, 5.74) is 3.53. The van der Waals surface area contributed by atoms with E-state index in [-0.39, 0.29) is 6.79 Å². The highest BCUT2D eigenvalue weighted by Gasteiger charge is 2.31. The minimum absolute atomic E-state index is 0.145. The standard InChI is InChI=1S/C32H37N9O4S/c1-38-16-18-39(19-17-38)22-10-13-40(14-11-22)26-7-6-25(28-29(26)45-20-44-28)35-32-36-30-23(8-12-33-30)31(37-32)34-24-5-3-4-21-9-15-41(27(21)24)46(2,42)43/h3-9,12,15,22H,10-11,13-14,16-20H2,1-2H3,(H3,33,34,35,36,37). The van der Waals surface area contributed by atoms with Crippen LogP contribution in [0, 0.1) is 0 Å². The number of hydrogen-bond acceptors (Lipinski definition) is 11. The van der Waals surface area contributed by atoms with E-state index in [1.54, 1.807) is 18.5 Å². The highest BCUT2D eigenvalue weighted by Crippen LogP contribution is 2.47. The highest BCUT2D eigenvalue weighted by molar-refractivity contribution is 7.89. The van der Waals surface area contributed by atoms with Crippen LogP contribution in [0.5, 0.6) is 11.5 Å². The Balaban J connectivity index is 1.06. The van der Waals surface area contributed by atoms with Crippen molar-refractivity contribution in [3.63, 3.8) is 0 Å². The molecule has 0 aliphatic carbocycles. The van der Waals surface area contributed by atoms with Crippen LogP contribution in [0.15, 0.2) is 54.9 Å². The molecule has 240 valence electrons. The number of hydrogen-bond donors (Lipinski definition) is 3. The maximum Gasteiger partial charge on any atom is 0.236 e. The number of nitrogens with zero attached hydrogens (tertiary/aromatic N) is 6. The van der Waals surface area contributed by atoms with Gasteiger partial charge in [0.1, 0.15) is 11.5 Å². The molecule has 5 aromatic rings. The van der Waals surface area contributed by atoms with Crippen LogP contribution in [0.4, 0.5) is 28.8 Å². The third-order valence-electron chi connectivity index (χ3n) is 9.31. The van der Waals surface area contributed by atoms with Crippen molar-refractivity contribution >= 4 is 60.8 Å². The van der Waals surface area contributed by atoms with Crippen LogP contribution in [0.2, 0.25) is 0 Å². The molecule has 13 nitrogen and oxygen atoms in total. The van der Waals surface area contributed by atoms with Gasteiger partial charge in [0, 0.05) is 63.1 Å². The first-order valence-corrected chi connectivity index (χ1v) is 17.5. The molecule has 0 saturated carbocycles. The average Bonchev–Trinajstić information content (AvgIpc) is 3.82. The number of benzene rings is 2. The van der Waals surface area contributed by atoms with E-state index >= 15 is 0 Å². The zero-order valence-electron chi connectivity index (χ0n) is 25.9. The lowest BCUT2D eigenvalue weighted by molar-refractivity contribution is 0.0981. The van der Waals surface area contributed by atoms with Crippen LogP contribution in [-0.2, 0) is 10.0 Å². The minimum atomic E-state index is -3.52. The van der Waals surface area contributed by atoms with Crippen molar-refractivity contribution in [1.29, 1.82) is 0 Å². The maximum absolute atomic E-state index is 12.5. The Bertz CT molecular complexity index is 2030. The second-order valence-electron chi connectivity index (χ2n) is 12.3. The zero-order chi connectivity index (χ0) is 31.4. The number of anilines is 5. The number of nitrogens with one attached hydrogen (secondary N) is 3. The lowest BCUT2D eigenvalue weighted by Gasteiger charge is -2.42. The van der Waals surface area contributed by atoms with Gasteiger partial charge in [-0.05, 0) is 50.2 Å². The lowest BCUT2D eigenvalue weighted by atomic mass is 10.0. The first-order chi connectivity index (χ1) is 22.3. The van der Waals surface area contributed by atoms with Crippen LogP contribution in [0.3, 0.4) is 0 Å². The van der Waals surface area contributed by atoms with E-state index < -0.39 is 10.0 Å². The van der Waals surface area contributed by atoms with Crippen LogP contribution in [0.1, 0.15) is 12.8 Å². The smallest absolute Gasteiger partial charge is 0.236 e. The summed E-state index contributed by atoms with van der Waals surface area (Å²) in [5, 5.41) is 8.28. The zero-order valence-corrected chi connectivity index (χ0v) is 26.7. The molecule has 2 saturated heterocycles. The molecule has 46 heavy (non-hydrogen) atoms. The Morgan fingerprint density at radius 3 is 2.50 bits per heavy atom. The maximum atomic E-state index is 12.5. The van der Waals surface area contributed by atoms with E-state index in [1.165, 1.54) is 10.2 Å². The molecule has 8 rings (SSSR count). The minimum Gasteiger partial charge on any atom is -0.451 e. The van der Waals surface area contributed by atoms with Crippen molar-refractivity contribution in [3.8, 4) is 11.5 Å². The van der Waals surface area contributed by atoms with Gasteiger partial charge in [-0.2, -0.15) is 9.97 Å². The fourth-order valence-corrected chi connectivity index (χ4v) is 7.69. The fraction of sp³-hybridized carbons (Fsp3) is 0.375. The molecule has 3 aliphatic heterocycles. The Morgan fingerprint density at radius 1 is 0.891 bits per heavy atom. The van der Waals surface area contributed by atoms with E-state index in [0.29, 0.717) is 46.1 Å². The van der Waals surface area contributed by atoms with Gasteiger partial charge in [-0.3, -0.25) is 4.90 Å². The largest absolute Gasteiger partial charge is 0.451 e. The van der Waals surface area contributed by atoms with Gasteiger partial charge in [-0.25, -0.2) is 12.4 Å². The van der Waals surface area contributed by atoms with Crippen molar-refractivity contribution in [3.05, 3.63) is 54.9 Å². The molecule has 3 aromatic heterocycles. The molecule has 3 aliphatic rings. The monoisotopic (exact) mass is 643 g/mol. The molecule has 0 bridgehead atoms. The molecule has 2 aromatic carbocycles. The summed E-state index contributed by atoms with van der Waals surface area (Å²) in [7, 11) is -1.32. The summed E-state index contributed by atoms with van der Waals surface area (Å²) in [5.74, 6) is 2.24. The van der Waals surface area contributed by atoms with E-state index in [9.17, 15) is 8.42 Å². The summed E-state index contributed by atoms with van der Waals surface area (Å²) < 4.78 is 38.3. The summed E-state index contributed by atoms with van der Waals surface area (Å²) in [6, 6.07) is 14.0. The van der Waals surface area contributed by atoms with Gasteiger partial charge in [0.25, 0.3) is 0 Å². The quantitative estimate of drug-likeness (QED) is 0.236. The predicted octanol–water partition coefficient (Wildman–Crippen LogP) is 4.15. The van der Waals surface area contributed by atoms with Gasteiger partial charge in [0.15, 0.2) is 11.5 Å². The molecule has 3 N–H and O–H groups in total. The molecule has 6 heterocycles. The van der Waals surface area contributed by atoms with Crippen LogP contribution in [-0.4, -0.2) is 103 Å². The Morgan fingerprint density at radius 2 is 1.70 bits per heavy atom. The highest BCUT2D eigenvalue weighted by atomic mass is 32.2. The molecule has 0 radical (unpaired) electrons. The Hall–Kier alpha value is -4.53. The number of piperidine rings is 1. The second-order valence-corrected chi connectivity index (χ2v) is 14.1. The predicted molar refractivity (Wildman–Crippen MR) is 180 cm³/mol. The van der Waals surface area contributed by atoms with E-state index in [4.69, 9.17) is 19.4 Å². The molecule has 0 atom stereocenters. The van der Waals surface area contributed by atoms with Gasteiger partial charge in [0.05, 0.1) is 34.2 Å². The van der Waals surface area contributed by atoms with E-state index in [2.05, 4.69) is 43.4 Å². The molecule has 2 fully saturated rings. The van der Waals surface area contributed by atoms with Crippen molar-refractivity contribution < 1.29 is 17.9 Å². The van der Waals surface area contributed by atoms with Crippen molar-refractivity contribution in [2.24, 2.45) is 0 Å². The summed E-state index contributed by atoms with van der Waals surface area (Å²) in [6.07, 6.45) is 6.80. The Labute approximate surface area is 267 Å². The van der Waals surface area contributed by atoms with Gasteiger partial charge >= 0.3 is 0 Å². The van der Waals surface area contributed by atoms with Crippen LogP contribution in [0.25, 0.3) is 21.9 Å². The van der Waals surface area contributed by atoms with Gasteiger partial charge < -0.3 is 34.9 Å².